The molecule has 0 amide bonds. The first-order chi connectivity index (χ1) is 16.1. The smallest absolute Gasteiger partial charge is 0.323 e. The number of pyridine rings is 1. The quantitative estimate of drug-likeness (QED) is 0.443. The zero-order valence-corrected chi connectivity index (χ0v) is 20.4. The number of aromatic nitrogens is 3. The van der Waals surface area contributed by atoms with Crippen LogP contribution in [0.2, 0.25) is 0 Å². The molecule has 0 atom stereocenters. The van der Waals surface area contributed by atoms with E-state index in [9.17, 15) is 23.5 Å². The Labute approximate surface area is 203 Å². The van der Waals surface area contributed by atoms with Crippen LogP contribution in [0.15, 0.2) is 39.7 Å². The van der Waals surface area contributed by atoms with Crippen molar-refractivity contribution < 1.29 is 23.4 Å². The van der Waals surface area contributed by atoms with Gasteiger partial charge in [0.05, 0.1) is 6.54 Å². The second-order valence-corrected chi connectivity index (χ2v) is 8.35. The number of benzene rings is 1. The molecular weight excluding hydrogens is 514 g/mol. The summed E-state index contributed by atoms with van der Waals surface area (Å²) in [5.74, 6) is -1.31. The van der Waals surface area contributed by atoms with Crippen molar-refractivity contribution in [3.8, 4) is 5.75 Å². The summed E-state index contributed by atoms with van der Waals surface area (Å²) < 4.78 is 34.3. The first-order valence-electron chi connectivity index (χ1n) is 10.4. The number of halogens is 3. The molecule has 3 aromatic rings. The number of carboxylic acid groups (broad SMARTS) is 1. The minimum atomic E-state index is -1.00. The fraction of sp³-hybridized carbons (Fsp3) is 0.304. The van der Waals surface area contributed by atoms with Gasteiger partial charge in [-0.05, 0) is 48.8 Å². The molecular formula is C23H23BrF2N4O4. The number of carboxylic acids is 1. The van der Waals surface area contributed by atoms with E-state index < -0.39 is 23.2 Å². The van der Waals surface area contributed by atoms with E-state index >= 15 is 0 Å². The van der Waals surface area contributed by atoms with E-state index in [1.54, 1.807) is 31.0 Å². The Bertz CT molecular complexity index is 1280. The van der Waals surface area contributed by atoms with E-state index in [1.165, 1.54) is 10.6 Å². The van der Waals surface area contributed by atoms with Crippen LogP contribution in [0.1, 0.15) is 29.6 Å². The van der Waals surface area contributed by atoms with Gasteiger partial charge in [0.15, 0.2) is 0 Å². The molecule has 1 N–H and O–H groups in total. The van der Waals surface area contributed by atoms with E-state index in [0.29, 0.717) is 29.4 Å². The number of aliphatic carboxylic acids is 1. The van der Waals surface area contributed by atoms with Crippen molar-refractivity contribution in [3.05, 3.63) is 79.6 Å². The lowest BCUT2D eigenvalue weighted by atomic mass is 10.2. The van der Waals surface area contributed by atoms with Crippen LogP contribution in [-0.2, 0) is 17.9 Å². The number of ether oxygens (including phenoxy) is 1. The van der Waals surface area contributed by atoms with Gasteiger partial charge in [0, 0.05) is 41.7 Å². The van der Waals surface area contributed by atoms with Crippen molar-refractivity contribution in [2.75, 3.05) is 18.0 Å². The Morgan fingerprint density at radius 2 is 1.97 bits per heavy atom. The molecule has 0 fully saturated rings. The van der Waals surface area contributed by atoms with Gasteiger partial charge in [0.2, 0.25) is 0 Å². The highest BCUT2D eigenvalue weighted by Crippen LogP contribution is 2.25. The van der Waals surface area contributed by atoms with Crippen LogP contribution in [0.5, 0.6) is 5.75 Å². The fourth-order valence-electron chi connectivity index (χ4n) is 3.35. The van der Waals surface area contributed by atoms with Gasteiger partial charge in [-0.15, -0.1) is 0 Å². The number of nitrogens with zero attached hydrogens (tertiary/aromatic N) is 4. The fourth-order valence-corrected chi connectivity index (χ4v) is 3.79. The average molecular weight is 537 g/mol. The first kappa shape index (κ1) is 25.3. The van der Waals surface area contributed by atoms with E-state index in [-0.39, 0.29) is 35.5 Å². The normalized spacial score (nSPS) is 10.9. The Kier molecular flexibility index (Phi) is 7.98. The Balaban J connectivity index is 1.91. The largest absolute Gasteiger partial charge is 0.487 e. The molecule has 0 radical (unpaired) electrons. The lowest BCUT2D eigenvalue weighted by Gasteiger charge is -2.23. The first-order valence-corrected chi connectivity index (χ1v) is 11.2. The topological polar surface area (TPSA) is 97.6 Å². The van der Waals surface area contributed by atoms with Gasteiger partial charge < -0.3 is 19.3 Å². The van der Waals surface area contributed by atoms with Gasteiger partial charge in [0.25, 0.3) is 5.56 Å². The zero-order valence-electron chi connectivity index (χ0n) is 18.8. The van der Waals surface area contributed by atoms with Gasteiger partial charge in [-0.3, -0.25) is 9.59 Å². The molecule has 0 aliphatic heterocycles. The van der Waals surface area contributed by atoms with Crippen LogP contribution >= 0.6 is 15.9 Å². The van der Waals surface area contributed by atoms with Crippen molar-refractivity contribution in [3.63, 3.8) is 0 Å². The molecule has 11 heteroatoms. The van der Waals surface area contributed by atoms with Crippen molar-refractivity contribution in [1.29, 1.82) is 0 Å². The lowest BCUT2D eigenvalue weighted by Crippen LogP contribution is -2.32. The van der Waals surface area contributed by atoms with Crippen molar-refractivity contribution in [1.82, 2.24) is 14.5 Å². The van der Waals surface area contributed by atoms with Crippen LogP contribution in [0.4, 0.5) is 14.6 Å². The predicted molar refractivity (Wildman–Crippen MR) is 125 cm³/mol. The molecule has 180 valence electrons. The molecule has 8 nitrogen and oxygen atoms in total. The molecule has 0 saturated heterocycles. The van der Waals surface area contributed by atoms with Gasteiger partial charge in [-0.1, -0.05) is 0 Å². The van der Waals surface area contributed by atoms with Gasteiger partial charge in [0.1, 0.15) is 46.7 Å². The van der Waals surface area contributed by atoms with Crippen molar-refractivity contribution >= 4 is 27.7 Å². The van der Waals surface area contributed by atoms with Crippen LogP contribution in [-0.4, -0.2) is 38.7 Å². The maximum Gasteiger partial charge on any atom is 0.323 e. The lowest BCUT2D eigenvalue weighted by molar-refractivity contribution is -0.135. The number of carbonyl (C=O) groups is 1. The Hall–Kier alpha value is -3.34. The molecule has 0 bridgehead atoms. The summed E-state index contributed by atoms with van der Waals surface area (Å²) in [6.07, 6.45) is 1.57. The maximum atomic E-state index is 13.9. The number of hydrogen-bond donors (Lipinski definition) is 1. The molecule has 0 saturated carbocycles. The molecule has 1 aromatic carbocycles. The number of anilines is 1. The highest BCUT2D eigenvalue weighted by molar-refractivity contribution is 9.10. The highest BCUT2D eigenvalue weighted by Gasteiger charge is 2.19. The second-order valence-electron chi connectivity index (χ2n) is 7.55. The summed E-state index contributed by atoms with van der Waals surface area (Å²) in [5.41, 5.74) is 0.875. The molecule has 0 aliphatic rings. The molecule has 2 heterocycles. The van der Waals surface area contributed by atoms with Gasteiger partial charge >= 0.3 is 5.97 Å². The minimum absolute atomic E-state index is 0.0991. The molecule has 2 aromatic heterocycles. The number of rotatable bonds is 9. The van der Waals surface area contributed by atoms with E-state index in [1.807, 2.05) is 6.92 Å². The number of aryl methyl sites for hydroxylation is 2. The van der Waals surface area contributed by atoms with Crippen molar-refractivity contribution in [2.24, 2.45) is 0 Å². The molecule has 34 heavy (non-hydrogen) atoms. The van der Waals surface area contributed by atoms with E-state index in [4.69, 9.17) is 4.74 Å². The van der Waals surface area contributed by atoms with E-state index in [2.05, 4.69) is 25.9 Å². The highest BCUT2D eigenvalue weighted by atomic mass is 79.9. The molecule has 0 spiro atoms. The van der Waals surface area contributed by atoms with E-state index in [0.717, 1.165) is 12.1 Å². The minimum Gasteiger partial charge on any atom is -0.487 e. The van der Waals surface area contributed by atoms with Gasteiger partial charge in [-0.2, -0.15) is 0 Å². The standard InChI is InChI=1S/C23H23BrF2N4O4/c1-4-29(11-20(31)32)22-16(9-27-14(3)28-22)10-30-13(2)7-19(21(24)23(30)33)34-12-15-5-6-17(25)8-18(15)26/h5-9H,4,10-12H2,1-3H3,(H,31,32). The predicted octanol–water partition coefficient (Wildman–Crippen LogP) is 3.83. The summed E-state index contributed by atoms with van der Waals surface area (Å²) in [4.78, 5) is 34.6. The third-order valence-electron chi connectivity index (χ3n) is 5.11. The van der Waals surface area contributed by atoms with Gasteiger partial charge in [-0.25, -0.2) is 18.7 Å². The monoisotopic (exact) mass is 536 g/mol. The molecule has 0 aliphatic carbocycles. The molecule has 0 unspecified atom stereocenters. The zero-order chi connectivity index (χ0) is 25.0. The number of hydrogen-bond acceptors (Lipinski definition) is 6. The average Bonchev–Trinajstić information content (AvgIpc) is 2.78. The summed E-state index contributed by atoms with van der Waals surface area (Å²) in [6, 6.07) is 4.80. The summed E-state index contributed by atoms with van der Waals surface area (Å²) in [7, 11) is 0. The van der Waals surface area contributed by atoms with Crippen molar-refractivity contribution in [2.45, 2.75) is 33.9 Å². The van der Waals surface area contributed by atoms with Crippen LogP contribution in [0.3, 0.4) is 0 Å². The summed E-state index contributed by atoms with van der Waals surface area (Å²) >= 11 is 3.26. The molecule has 3 rings (SSSR count). The van der Waals surface area contributed by atoms with Crippen LogP contribution < -0.4 is 15.2 Å². The van der Waals surface area contributed by atoms with Crippen LogP contribution in [0.25, 0.3) is 0 Å². The Morgan fingerprint density at radius 1 is 1.24 bits per heavy atom. The second kappa shape index (κ2) is 10.7. The third kappa shape index (κ3) is 5.77. The third-order valence-corrected chi connectivity index (χ3v) is 5.84. The number of likely N-dealkylation sites (N-methyl/N-ethyl adjacent to an activating group) is 1. The maximum absolute atomic E-state index is 13.9. The summed E-state index contributed by atoms with van der Waals surface area (Å²) in [6.45, 7) is 5.29. The SMILES string of the molecule is CCN(CC(=O)O)c1nc(C)ncc1Cn1c(C)cc(OCc2ccc(F)cc2F)c(Br)c1=O. The Morgan fingerprint density at radius 3 is 2.62 bits per heavy atom. The summed E-state index contributed by atoms with van der Waals surface area (Å²) in [5, 5.41) is 9.24. The van der Waals surface area contributed by atoms with Crippen LogP contribution in [0, 0.1) is 25.5 Å².